The first-order valence-corrected chi connectivity index (χ1v) is 8.22. The molecule has 0 radical (unpaired) electrons. The van der Waals surface area contributed by atoms with Gasteiger partial charge in [0, 0.05) is 31.6 Å². The fraction of sp³-hybridized carbons (Fsp3) is 0.412. The van der Waals surface area contributed by atoms with Gasteiger partial charge in [-0.05, 0) is 38.0 Å². The molecule has 1 aliphatic heterocycles. The van der Waals surface area contributed by atoms with E-state index in [1.54, 1.807) is 6.33 Å². The van der Waals surface area contributed by atoms with Gasteiger partial charge in [0.1, 0.15) is 11.6 Å². The number of fused-ring (bicyclic) bond motifs is 2. The molecule has 1 aromatic carbocycles. The molecule has 0 fully saturated rings. The first kappa shape index (κ1) is 14.9. The number of imidazole rings is 1. The Hall–Kier alpha value is -2.70. The van der Waals surface area contributed by atoms with Crippen LogP contribution in [0.3, 0.4) is 0 Å². The zero-order valence-electron chi connectivity index (χ0n) is 13.9. The molecule has 0 saturated heterocycles. The third kappa shape index (κ3) is 2.46. The molecule has 1 aliphatic rings. The third-order valence-corrected chi connectivity index (χ3v) is 4.93. The summed E-state index contributed by atoms with van der Waals surface area (Å²) in [6.07, 6.45) is 4.32. The summed E-state index contributed by atoms with van der Waals surface area (Å²) in [5.41, 5.74) is 2.45. The third-order valence-electron chi connectivity index (χ3n) is 4.93. The fourth-order valence-corrected chi connectivity index (χ4v) is 3.44. The highest BCUT2D eigenvalue weighted by molar-refractivity contribution is 5.97. The molecule has 4 rings (SSSR count). The molecule has 24 heavy (non-hydrogen) atoms. The number of rotatable bonds is 2. The van der Waals surface area contributed by atoms with Crippen LogP contribution in [0, 0.1) is 6.92 Å². The second kappa shape index (κ2) is 5.74. The van der Waals surface area contributed by atoms with Crippen LogP contribution < -0.4 is 0 Å². The van der Waals surface area contributed by atoms with Crippen molar-refractivity contribution < 1.29 is 4.79 Å². The second-order valence-electron chi connectivity index (χ2n) is 6.35. The van der Waals surface area contributed by atoms with Gasteiger partial charge >= 0.3 is 0 Å². The highest BCUT2D eigenvalue weighted by Gasteiger charge is 2.25. The zero-order chi connectivity index (χ0) is 16.7. The maximum atomic E-state index is 12.9. The highest BCUT2D eigenvalue weighted by atomic mass is 16.2. The second-order valence-corrected chi connectivity index (χ2v) is 6.35. The lowest BCUT2D eigenvalue weighted by Gasteiger charge is -2.27. The van der Waals surface area contributed by atoms with Crippen LogP contribution in [-0.4, -0.2) is 48.6 Å². The molecule has 1 unspecified atom stereocenters. The van der Waals surface area contributed by atoms with Crippen LogP contribution in [0.5, 0.6) is 0 Å². The smallest absolute Gasteiger partial charge is 0.253 e. The van der Waals surface area contributed by atoms with Gasteiger partial charge in [0.2, 0.25) is 0 Å². The molecule has 0 bridgehead atoms. The van der Waals surface area contributed by atoms with Gasteiger partial charge in [0.25, 0.3) is 5.91 Å². The van der Waals surface area contributed by atoms with Crippen LogP contribution in [-0.2, 0) is 13.0 Å². The summed E-state index contributed by atoms with van der Waals surface area (Å²) in [7, 11) is 1.89. The summed E-state index contributed by atoms with van der Waals surface area (Å²) in [5, 5.41) is 8.38. The summed E-state index contributed by atoms with van der Waals surface area (Å²) in [5.74, 6) is 2.02. The predicted octanol–water partition coefficient (Wildman–Crippen LogP) is 1.94. The SMILES string of the molecule is Cc1nnc2n1CCC(N(C)C(=O)c1ccc3nc[nH]c3c1)CC2. The molecule has 0 spiro atoms. The van der Waals surface area contributed by atoms with Gasteiger partial charge in [-0.25, -0.2) is 4.98 Å². The molecule has 0 saturated carbocycles. The Morgan fingerprint density at radius 3 is 3.08 bits per heavy atom. The maximum absolute atomic E-state index is 12.9. The number of hydrogen-bond acceptors (Lipinski definition) is 4. The molecule has 124 valence electrons. The average molecular weight is 324 g/mol. The minimum atomic E-state index is 0.0471. The quantitative estimate of drug-likeness (QED) is 0.781. The number of aromatic amines is 1. The van der Waals surface area contributed by atoms with E-state index in [1.807, 2.05) is 37.1 Å². The van der Waals surface area contributed by atoms with Crippen LogP contribution in [0.25, 0.3) is 11.0 Å². The standard InChI is InChI=1S/C17H20N6O/c1-11-20-21-16-6-4-13(7-8-23(11)16)22(2)17(24)12-3-5-14-15(9-12)19-10-18-14/h3,5,9-10,13H,4,6-8H2,1-2H3,(H,18,19). The van der Waals surface area contributed by atoms with E-state index in [4.69, 9.17) is 0 Å². The van der Waals surface area contributed by atoms with Gasteiger partial charge in [0.15, 0.2) is 0 Å². The largest absolute Gasteiger partial charge is 0.345 e. The van der Waals surface area contributed by atoms with E-state index in [0.717, 1.165) is 48.5 Å². The van der Waals surface area contributed by atoms with Gasteiger partial charge in [0.05, 0.1) is 17.4 Å². The molecule has 7 nitrogen and oxygen atoms in total. The molecule has 1 amide bonds. The lowest BCUT2D eigenvalue weighted by molar-refractivity contribution is 0.0716. The number of nitrogens with zero attached hydrogens (tertiary/aromatic N) is 5. The molecule has 7 heteroatoms. The van der Waals surface area contributed by atoms with Crippen molar-refractivity contribution in [2.45, 2.75) is 38.8 Å². The van der Waals surface area contributed by atoms with Crippen molar-refractivity contribution in [2.24, 2.45) is 0 Å². The number of carbonyl (C=O) groups is 1. The normalized spacial score (nSPS) is 17.5. The van der Waals surface area contributed by atoms with Gasteiger partial charge in [-0.15, -0.1) is 10.2 Å². The Morgan fingerprint density at radius 2 is 2.21 bits per heavy atom. The lowest BCUT2D eigenvalue weighted by Crippen LogP contribution is -2.37. The van der Waals surface area contributed by atoms with E-state index < -0.39 is 0 Å². The Balaban J connectivity index is 1.52. The lowest BCUT2D eigenvalue weighted by atomic mass is 10.1. The van der Waals surface area contributed by atoms with Crippen molar-refractivity contribution in [1.82, 2.24) is 29.6 Å². The first-order valence-electron chi connectivity index (χ1n) is 8.22. The van der Waals surface area contributed by atoms with Crippen molar-refractivity contribution >= 4 is 16.9 Å². The van der Waals surface area contributed by atoms with Crippen molar-refractivity contribution in [3.8, 4) is 0 Å². The number of H-pyrrole nitrogens is 1. The number of carbonyl (C=O) groups excluding carboxylic acids is 1. The van der Waals surface area contributed by atoms with E-state index in [9.17, 15) is 4.79 Å². The molecule has 1 N–H and O–H groups in total. The molecule has 0 aliphatic carbocycles. The van der Waals surface area contributed by atoms with Gasteiger partial charge < -0.3 is 14.5 Å². The predicted molar refractivity (Wildman–Crippen MR) is 89.7 cm³/mol. The molecular weight excluding hydrogens is 304 g/mol. The number of aryl methyl sites for hydroxylation is 2. The van der Waals surface area contributed by atoms with Crippen molar-refractivity contribution in [3.63, 3.8) is 0 Å². The van der Waals surface area contributed by atoms with Crippen LogP contribution in [0.4, 0.5) is 0 Å². The summed E-state index contributed by atoms with van der Waals surface area (Å²) >= 11 is 0. The van der Waals surface area contributed by atoms with E-state index in [1.165, 1.54) is 0 Å². The zero-order valence-corrected chi connectivity index (χ0v) is 13.9. The number of amides is 1. The summed E-state index contributed by atoms with van der Waals surface area (Å²) in [6, 6.07) is 5.80. The van der Waals surface area contributed by atoms with Crippen LogP contribution in [0.1, 0.15) is 34.8 Å². The topological polar surface area (TPSA) is 79.7 Å². The van der Waals surface area contributed by atoms with E-state index in [0.29, 0.717) is 5.56 Å². The number of benzene rings is 1. The Morgan fingerprint density at radius 1 is 1.33 bits per heavy atom. The number of aromatic nitrogens is 5. The van der Waals surface area contributed by atoms with Gasteiger partial charge in [-0.3, -0.25) is 4.79 Å². The summed E-state index contributed by atoms with van der Waals surface area (Å²) < 4.78 is 2.16. The summed E-state index contributed by atoms with van der Waals surface area (Å²) in [4.78, 5) is 22.0. The minimum absolute atomic E-state index is 0.0471. The average Bonchev–Trinajstić information content (AvgIpc) is 3.13. The maximum Gasteiger partial charge on any atom is 0.253 e. The monoisotopic (exact) mass is 324 g/mol. The minimum Gasteiger partial charge on any atom is -0.345 e. The number of nitrogens with one attached hydrogen (secondary N) is 1. The molecular formula is C17H20N6O. The molecule has 3 aromatic rings. The van der Waals surface area contributed by atoms with E-state index in [2.05, 4.69) is 24.7 Å². The summed E-state index contributed by atoms with van der Waals surface area (Å²) in [6.45, 7) is 2.83. The van der Waals surface area contributed by atoms with Crippen molar-refractivity contribution in [2.75, 3.05) is 7.05 Å². The highest BCUT2D eigenvalue weighted by Crippen LogP contribution is 2.21. The number of hydrogen-bond donors (Lipinski definition) is 1. The van der Waals surface area contributed by atoms with E-state index in [-0.39, 0.29) is 11.9 Å². The molecule has 2 aromatic heterocycles. The van der Waals surface area contributed by atoms with Crippen molar-refractivity contribution in [1.29, 1.82) is 0 Å². The Kier molecular flexibility index (Phi) is 3.55. The Bertz CT molecular complexity index is 896. The van der Waals surface area contributed by atoms with Crippen molar-refractivity contribution in [3.05, 3.63) is 41.7 Å². The molecule has 1 atom stereocenters. The van der Waals surface area contributed by atoms with Crippen LogP contribution in [0.2, 0.25) is 0 Å². The van der Waals surface area contributed by atoms with Crippen LogP contribution in [0.15, 0.2) is 24.5 Å². The first-order chi connectivity index (χ1) is 11.6. The van der Waals surface area contributed by atoms with Gasteiger partial charge in [-0.1, -0.05) is 0 Å². The van der Waals surface area contributed by atoms with Gasteiger partial charge in [-0.2, -0.15) is 0 Å². The van der Waals surface area contributed by atoms with E-state index >= 15 is 0 Å². The van der Waals surface area contributed by atoms with Crippen LogP contribution >= 0.6 is 0 Å². The molecule has 3 heterocycles. The fourth-order valence-electron chi connectivity index (χ4n) is 3.44. The Labute approximate surface area is 139 Å².